The molecule has 2 aromatic heterocycles. The summed E-state index contributed by atoms with van der Waals surface area (Å²) in [5, 5.41) is 4.97. The van der Waals surface area contributed by atoms with Crippen molar-refractivity contribution in [2.24, 2.45) is 0 Å². The highest BCUT2D eigenvalue weighted by Gasteiger charge is 2.28. The number of aryl methyl sites for hydroxylation is 2. The van der Waals surface area contributed by atoms with Gasteiger partial charge in [-0.15, -0.1) is 0 Å². The summed E-state index contributed by atoms with van der Waals surface area (Å²) >= 11 is 0. The van der Waals surface area contributed by atoms with Gasteiger partial charge in [-0.25, -0.2) is 9.97 Å². The van der Waals surface area contributed by atoms with E-state index in [1.165, 1.54) is 6.20 Å². The van der Waals surface area contributed by atoms with Crippen molar-refractivity contribution in [2.75, 3.05) is 11.9 Å². The molecule has 2 amide bonds. The number of ether oxygens (including phenoxy) is 1. The lowest BCUT2D eigenvalue weighted by Gasteiger charge is -2.19. The van der Waals surface area contributed by atoms with E-state index in [1.807, 2.05) is 32.0 Å². The molecule has 0 aliphatic rings. The van der Waals surface area contributed by atoms with Crippen LogP contribution in [0.15, 0.2) is 83.9 Å². The maximum absolute atomic E-state index is 13.4. The molecular formula is C33H33N5O6. The molecule has 0 saturated carbocycles. The van der Waals surface area contributed by atoms with Gasteiger partial charge in [-0.2, -0.15) is 0 Å². The first-order valence-corrected chi connectivity index (χ1v) is 14.1. The number of rotatable bonds is 15. The number of nitrogens with one attached hydrogen (secondary N) is 2. The molecule has 4 aromatic rings. The molecule has 0 radical (unpaired) electrons. The number of carbonyl (C=O) groups is 4. The Balaban J connectivity index is 1.53. The van der Waals surface area contributed by atoms with Gasteiger partial charge in [0.15, 0.2) is 0 Å². The van der Waals surface area contributed by atoms with E-state index >= 15 is 0 Å². The maximum atomic E-state index is 13.4. The first kappa shape index (κ1) is 31.5. The predicted octanol–water partition coefficient (Wildman–Crippen LogP) is 3.22. The van der Waals surface area contributed by atoms with Crippen LogP contribution in [0, 0.1) is 13.8 Å². The lowest BCUT2D eigenvalue weighted by molar-refractivity contribution is -0.139. The van der Waals surface area contributed by atoms with Gasteiger partial charge in [-0.3, -0.25) is 28.5 Å². The van der Waals surface area contributed by atoms with Gasteiger partial charge < -0.3 is 15.4 Å². The van der Waals surface area contributed by atoms with Crippen LogP contribution >= 0.6 is 0 Å². The molecule has 2 N–H and O–H groups in total. The summed E-state index contributed by atoms with van der Waals surface area (Å²) in [4.78, 5) is 72.4. The molecule has 4 rings (SSSR count). The van der Waals surface area contributed by atoms with E-state index in [1.54, 1.807) is 54.7 Å². The van der Waals surface area contributed by atoms with Crippen LogP contribution in [0.1, 0.15) is 29.5 Å². The van der Waals surface area contributed by atoms with Gasteiger partial charge in [0.2, 0.25) is 29.8 Å². The number of Topliss-reactive ketones (excluding diaryl/α,β-unsaturated/α-hetero) is 2. The van der Waals surface area contributed by atoms with E-state index in [2.05, 4.69) is 20.6 Å². The Bertz CT molecular complexity index is 1690. The van der Waals surface area contributed by atoms with E-state index in [-0.39, 0.29) is 37.4 Å². The maximum Gasteiger partial charge on any atom is 0.278 e. The van der Waals surface area contributed by atoms with Crippen molar-refractivity contribution in [1.29, 1.82) is 0 Å². The molecule has 0 aliphatic carbocycles. The number of pyridine rings is 1. The summed E-state index contributed by atoms with van der Waals surface area (Å²) in [6, 6.07) is 18.5. The average Bonchev–Trinajstić information content (AvgIpc) is 3.03. The third kappa shape index (κ3) is 8.31. The molecule has 0 saturated heterocycles. The van der Waals surface area contributed by atoms with E-state index in [4.69, 9.17) is 4.74 Å². The number of benzene rings is 2. The summed E-state index contributed by atoms with van der Waals surface area (Å²) in [5.41, 5.74) is 2.64. The second kappa shape index (κ2) is 15.1. The van der Waals surface area contributed by atoms with Crippen LogP contribution in [-0.4, -0.2) is 51.1 Å². The van der Waals surface area contributed by atoms with Crippen LogP contribution in [-0.2, 0) is 32.1 Å². The number of hydrogen-bond acceptors (Lipinski definition) is 8. The Labute approximate surface area is 254 Å². The molecule has 2 heterocycles. The highest BCUT2D eigenvalue weighted by atomic mass is 16.5. The van der Waals surface area contributed by atoms with Crippen molar-refractivity contribution in [3.05, 3.63) is 106 Å². The standard InChI is InChI=1S/C33H33N5O6/c1-22-13-14-24(17-23(22)2)18-26(31(42)28(40)11-8-16-44-30-12-6-7-15-34-30)37-29(41)20-38-32(25-9-4-3-5-10-25)35-19-27(33(38)43)36-21-39/h3-7,9-10,12-15,17,19,21,26H,8,11,16,18,20H2,1-2H3,(H,36,39)(H,37,41). The number of aromatic nitrogens is 3. The topological polar surface area (TPSA) is 149 Å². The number of anilines is 1. The molecule has 1 unspecified atom stereocenters. The van der Waals surface area contributed by atoms with Crippen molar-refractivity contribution in [1.82, 2.24) is 19.9 Å². The predicted molar refractivity (Wildman–Crippen MR) is 164 cm³/mol. The minimum absolute atomic E-state index is 0.0767. The average molecular weight is 596 g/mol. The van der Waals surface area contributed by atoms with Crippen molar-refractivity contribution in [3.8, 4) is 17.3 Å². The highest BCUT2D eigenvalue weighted by molar-refractivity contribution is 6.39. The molecule has 2 aromatic carbocycles. The molecule has 1 atom stereocenters. The fourth-order valence-corrected chi connectivity index (χ4v) is 4.54. The molecule has 226 valence electrons. The number of amides is 2. The smallest absolute Gasteiger partial charge is 0.278 e. The van der Waals surface area contributed by atoms with E-state index in [9.17, 15) is 24.0 Å². The molecule has 0 aliphatic heterocycles. The zero-order chi connectivity index (χ0) is 31.5. The first-order valence-electron chi connectivity index (χ1n) is 14.1. The fraction of sp³-hybridized carbons (Fsp3) is 0.242. The Morgan fingerprint density at radius 2 is 1.75 bits per heavy atom. The van der Waals surface area contributed by atoms with E-state index < -0.39 is 35.6 Å². The Morgan fingerprint density at radius 3 is 2.45 bits per heavy atom. The summed E-state index contributed by atoms with van der Waals surface area (Å²) in [6.45, 7) is 3.58. The molecule has 11 heteroatoms. The van der Waals surface area contributed by atoms with Crippen molar-refractivity contribution < 1.29 is 23.9 Å². The van der Waals surface area contributed by atoms with Crippen molar-refractivity contribution in [3.63, 3.8) is 0 Å². The number of hydrogen-bond donors (Lipinski definition) is 2. The van der Waals surface area contributed by atoms with Gasteiger partial charge in [0.05, 0.1) is 18.8 Å². The van der Waals surface area contributed by atoms with Crippen LogP contribution in [0.4, 0.5) is 5.69 Å². The van der Waals surface area contributed by atoms with Crippen LogP contribution in [0.5, 0.6) is 5.88 Å². The monoisotopic (exact) mass is 595 g/mol. The Morgan fingerprint density at radius 1 is 0.977 bits per heavy atom. The molecule has 11 nitrogen and oxygen atoms in total. The second-order valence-electron chi connectivity index (χ2n) is 10.2. The summed E-state index contributed by atoms with van der Waals surface area (Å²) < 4.78 is 6.64. The van der Waals surface area contributed by atoms with Gasteiger partial charge in [-0.1, -0.05) is 54.6 Å². The number of carbonyl (C=O) groups excluding carboxylic acids is 4. The van der Waals surface area contributed by atoms with Crippen molar-refractivity contribution >= 4 is 29.6 Å². The first-order chi connectivity index (χ1) is 21.3. The SMILES string of the molecule is Cc1ccc(CC(NC(=O)Cn2c(-c3ccccc3)ncc(NC=O)c2=O)C(=O)C(=O)CCCOc2ccccn2)cc1C. The lowest BCUT2D eigenvalue weighted by atomic mass is 9.96. The summed E-state index contributed by atoms with van der Waals surface area (Å²) in [6.07, 6.45) is 3.43. The zero-order valence-corrected chi connectivity index (χ0v) is 24.5. The molecule has 44 heavy (non-hydrogen) atoms. The number of ketones is 2. The van der Waals surface area contributed by atoms with Gasteiger partial charge in [0, 0.05) is 30.7 Å². The van der Waals surface area contributed by atoms with Gasteiger partial charge in [0.25, 0.3) is 5.56 Å². The highest BCUT2D eigenvalue weighted by Crippen LogP contribution is 2.17. The normalized spacial score (nSPS) is 11.3. The van der Waals surface area contributed by atoms with Crippen LogP contribution in [0.25, 0.3) is 11.4 Å². The van der Waals surface area contributed by atoms with Crippen LogP contribution < -0.4 is 20.9 Å². The third-order valence-corrected chi connectivity index (χ3v) is 6.97. The molecular weight excluding hydrogens is 562 g/mol. The number of nitrogens with zero attached hydrogens (tertiary/aromatic N) is 3. The Hall–Kier alpha value is -5.45. The van der Waals surface area contributed by atoms with E-state index in [0.29, 0.717) is 17.9 Å². The third-order valence-electron chi connectivity index (χ3n) is 6.97. The minimum atomic E-state index is -1.17. The van der Waals surface area contributed by atoms with Gasteiger partial charge >= 0.3 is 0 Å². The van der Waals surface area contributed by atoms with Gasteiger partial charge in [0.1, 0.15) is 18.1 Å². The van der Waals surface area contributed by atoms with E-state index in [0.717, 1.165) is 21.3 Å². The molecule has 0 fully saturated rings. The fourth-order valence-electron chi connectivity index (χ4n) is 4.54. The lowest BCUT2D eigenvalue weighted by Crippen LogP contribution is -2.47. The quantitative estimate of drug-likeness (QED) is 0.121. The molecule has 0 bridgehead atoms. The minimum Gasteiger partial charge on any atom is -0.478 e. The van der Waals surface area contributed by atoms with Crippen molar-refractivity contribution in [2.45, 2.75) is 45.7 Å². The van der Waals surface area contributed by atoms with Crippen LogP contribution in [0.3, 0.4) is 0 Å². The largest absolute Gasteiger partial charge is 0.478 e. The van der Waals surface area contributed by atoms with Crippen LogP contribution in [0.2, 0.25) is 0 Å². The van der Waals surface area contributed by atoms with Gasteiger partial charge in [-0.05, 0) is 43.0 Å². The summed E-state index contributed by atoms with van der Waals surface area (Å²) in [7, 11) is 0. The zero-order valence-electron chi connectivity index (χ0n) is 24.5. The molecule has 0 spiro atoms. The summed E-state index contributed by atoms with van der Waals surface area (Å²) in [5.74, 6) is -1.46. The Kier molecular flexibility index (Phi) is 10.8. The second-order valence-corrected chi connectivity index (χ2v) is 10.2.